The van der Waals surface area contributed by atoms with Crippen LogP contribution in [0.5, 0.6) is 34.5 Å². The summed E-state index contributed by atoms with van der Waals surface area (Å²) in [5.74, 6) is -4.29. The van der Waals surface area contributed by atoms with Crippen molar-refractivity contribution in [2.75, 3.05) is 40.0 Å². The number of aromatic carboxylic acids is 3. The molecule has 9 heterocycles. The van der Waals surface area contributed by atoms with E-state index >= 15 is 9.59 Å². The molecule has 0 aliphatic carbocycles. The van der Waals surface area contributed by atoms with Crippen LogP contribution in [0.15, 0.2) is 152 Å². The number of carbonyl (C=O) groups is 6. The lowest BCUT2D eigenvalue weighted by Gasteiger charge is -2.42. The third-order valence-electron chi connectivity index (χ3n) is 18.0. The van der Waals surface area contributed by atoms with E-state index in [0.717, 1.165) is 17.2 Å². The number of aryl methyl sites for hydroxylation is 1. The fourth-order valence-electron chi connectivity index (χ4n) is 13.7. The lowest BCUT2D eigenvalue weighted by Crippen LogP contribution is -2.44. The van der Waals surface area contributed by atoms with Gasteiger partial charge in [0.15, 0.2) is 34.5 Å². The van der Waals surface area contributed by atoms with Gasteiger partial charge < -0.3 is 58.4 Å². The molecule has 0 saturated heterocycles. The number of pyridine rings is 3. The fraction of sp³-hybridized carbons (Fsp3) is 0.186. The quantitative estimate of drug-likeness (QED) is 0.109. The number of aromatic nitrogens is 3. The second-order valence-corrected chi connectivity index (χ2v) is 24.0. The largest absolute Gasteiger partial charge is 0.478 e. The Labute approximate surface area is 538 Å². The number of fused-ring (bicyclic) bond motifs is 6. The minimum absolute atomic E-state index is 0.00900. The first-order valence-electron chi connectivity index (χ1n) is 29.5. The molecule has 5 unspecified atom stereocenters. The van der Waals surface area contributed by atoms with Crippen LogP contribution in [0.4, 0.5) is 0 Å². The van der Waals surface area contributed by atoms with Gasteiger partial charge in [-0.2, -0.15) is 0 Å². The summed E-state index contributed by atoms with van der Waals surface area (Å²) in [5, 5.41) is 31.3. The van der Waals surface area contributed by atoms with Gasteiger partial charge in [-0.3, -0.25) is 29.3 Å². The Morgan fingerprint density at radius 3 is 1.35 bits per heavy atom. The van der Waals surface area contributed by atoms with Gasteiger partial charge in [-0.05, 0) is 155 Å². The van der Waals surface area contributed by atoms with E-state index in [1.54, 1.807) is 94.8 Å². The van der Waals surface area contributed by atoms with Crippen molar-refractivity contribution in [1.29, 1.82) is 0 Å². The molecule has 3 aromatic heterocycles. The topological polar surface area (TPSA) is 267 Å². The van der Waals surface area contributed by atoms with Crippen molar-refractivity contribution in [2.24, 2.45) is 0 Å². The molecular formula is C70H50Cl2N6O15. The lowest BCUT2D eigenvalue weighted by molar-refractivity contribution is 0.0643. The van der Waals surface area contributed by atoms with Gasteiger partial charge in [0.1, 0.15) is 18.1 Å². The number of halogens is 2. The number of nitrogens with zero attached hydrogens (tertiary/aromatic N) is 6. The van der Waals surface area contributed by atoms with Gasteiger partial charge in [-0.25, -0.2) is 14.4 Å². The van der Waals surface area contributed by atoms with Crippen LogP contribution < -0.4 is 28.4 Å². The van der Waals surface area contributed by atoms with E-state index in [2.05, 4.69) is 0 Å². The average molecular weight is 1290 g/mol. The van der Waals surface area contributed by atoms with Gasteiger partial charge in [0.25, 0.3) is 17.7 Å². The maximum Gasteiger partial charge on any atom is 0.336 e. The molecule has 3 amide bonds. The second-order valence-electron chi connectivity index (χ2n) is 23.2. The molecule has 21 nitrogen and oxygen atoms in total. The summed E-state index contributed by atoms with van der Waals surface area (Å²) in [6.45, 7) is 1.70. The van der Waals surface area contributed by atoms with Crippen molar-refractivity contribution in [3.63, 3.8) is 0 Å². The number of carboxylic acids is 3. The summed E-state index contributed by atoms with van der Waals surface area (Å²) < 4.78 is 35.5. The van der Waals surface area contributed by atoms with Crippen LogP contribution in [0.3, 0.4) is 0 Å². The number of benzene rings is 6. The molecular weight excluding hydrogens is 1240 g/mol. The molecule has 6 aliphatic heterocycles. The van der Waals surface area contributed by atoms with E-state index in [1.165, 1.54) is 30.3 Å². The zero-order valence-corrected chi connectivity index (χ0v) is 50.5. The normalized spacial score (nSPS) is 18.7. The molecule has 0 fully saturated rings. The third-order valence-corrected chi connectivity index (χ3v) is 18.7. The van der Waals surface area contributed by atoms with Gasteiger partial charge in [0.2, 0.25) is 20.4 Å². The summed E-state index contributed by atoms with van der Waals surface area (Å²) in [7, 11) is 0. The zero-order valence-electron chi connectivity index (χ0n) is 49.0. The van der Waals surface area contributed by atoms with Gasteiger partial charge in [0.05, 0.1) is 60.5 Å². The van der Waals surface area contributed by atoms with E-state index in [0.29, 0.717) is 96.9 Å². The molecule has 23 heteroatoms. The molecule has 464 valence electrons. The van der Waals surface area contributed by atoms with Crippen molar-refractivity contribution >= 4 is 58.8 Å². The van der Waals surface area contributed by atoms with E-state index < -0.39 is 65.6 Å². The van der Waals surface area contributed by atoms with E-state index in [-0.39, 0.29) is 83.4 Å². The monoisotopic (exact) mass is 1280 g/mol. The standard InChI is InChI=1S/C70H50Cl2N6O15/c1-34-9-12-39(47(18-34)69(84)85)66(80)78-30-50(36-10-13-54(74-27-36)62-41-22-57-56(88-31-89-57)19-35(41)15-17-76(62)67(81)46-20-51(71)52(72)21-48(46)70(86)87)43-24-59-61(93-33-91-59)26-45(43)64(78)55-14-11-37(28-75-55)49-29-77(65(79)38-6-2-3-7-40(38)68(82)83)63(53-8-4-5-16-73-53)44-25-60-58(23-42(44)49)90-32-92-60/h2-14,16,18-28,49-50,62-64H,15,17,29-33H2,1H3,(H,82,83)(H,84,85)(H,86,87). The summed E-state index contributed by atoms with van der Waals surface area (Å²) in [5.41, 5.74) is 6.43. The Kier molecular flexibility index (Phi) is 14.4. The summed E-state index contributed by atoms with van der Waals surface area (Å²) in [6.07, 6.45) is 5.34. The molecule has 0 spiro atoms. The zero-order chi connectivity index (χ0) is 64.1. The molecule has 0 saturated carbocycles. The highest BCUT2D eigenvalue weighted by Crippen LogP contribution is 2.52. The highest BCUT2D eigenvalue weighted by atomic mass is 35.5. The van der Waals surface area contributed by atoms with Gasteiger partial charge in [-0.1, -0.05) is 65.2 Å². The molecule has 0 bridgehead atoms. The molecule has 0 radical (unpaired) electrons. The maximum absolute atomic E-state index is 15.7. The number of carboxylic acid groups (broad SMARTS) is 3. The van der Waals surface area contributed by atoms with Crippen LogP contribution in [0, 0.1) is 6.92 Å². The van der Waals surface area contributed by atoms with Crippen LogP contribution in [0.1, 0.15) is 159 Å². The molecule has 9 aromatic rings. The number of rotatable bonds is 11. The molecule has 5 atom stereocenters. The van der Waals surface area contributed by atoms with Crippen molar-refractivity contribution < 1.29 is 72.5 Å². The molecule has 93 heavy (non-hydrogen) atoms. The molecule has 6 aliphatic rings. The van der Waals surface area contributed by atoms with E-state index in [9.17, 15) is 34.5 Å². The Morgan fingerprint density at radius 2 is 0.860 bits per heavy atom. The summed E-state index contributed by atoms with van der Waals surface area (Å²) >= 11 is 12.7. The number of hydrogen-bond donors (Lipinski definition) is 3. The number of hydrogen-bond acceptors (Lipinski definition) is 15. The first kappa shape index (κ1) is 58.3. The molecule has 15 rings (SSSR count). The first-order chi connectivity index (χ1) is 45.1. The summed E-state index contributed by atoms with van der Waals surface area (Å²) in [4.78, 5) is 104. The number of ether oxygens (including phenoxy) is 6. The summed E-state index contributed by atoms with van der Waals surface area (Å²) in [6, 6.07) is 34.1. The van der Waals surface area contributed by atoms with Crippen LogP contribution >= 0.6 is 23.2 Å². The third kappa shape index (κ3) is 10.1. The minimum Gasteiger partial charge on any atom is -0.478 e. The Morgan fingerprint density at radius 1 is 0.430 bits per heavy atom. The van der Waals surface area contributed by atoms with E-state index in [1.807, 2.05) is 42.5 Å². The van der Waals surface area contributed by atoms with Crippen LogP contribution in [0.25, 0.3) is 0 Å². The van der Waals surface area contributed by atoms with Crippen molar-refractivity contribution in [2.45, 2.75) is 43.3 Å². The minimum atomic E-state index is -1.38. The van der Waals surface area contributed by atoms with Crippen molar-refractivity contribution in [1.82, 2.24) is 29.7 Å². The van der Waals surface area contributed by atoms with Gasteiger partial charge in [0, 0.05) is 50.1 Å². The highest BCUT2D eigenvalue weighted by molar-refractivity contribution is 6.42. The van der Waals surface area contributed by atoms with Gasteiger partial charge >= 0.3 is 17.9 Å². The lowest BCUT2D eigenvalue weighted by atomic mass is 9.79. The average Bonchev–Trinajstić information content (AvgIpc) is 1.56. The Balaban J connectivity index is 0.850. The van der Waals surface area contributed by atoms with Crippen LogP contribution in [-0.4, -0.2) is 121 Å². The second kappa shape index (κ2) is 23.0. The van der Waals surface area contributed by atoms with Crippen molar-refractivity contribution in [3.8, 4) is 34.5 Å². The maximum atomic E-state index is 15.7. The van der Waals surface area contributed by atoms with Crippen LogP contribution in [-0.2, 0) is 6.42 Å². The molecule has 3 N–H and O–H groups in total. The fourth-order valence-corrected chi connectivity index (χ4v) is 14.0. The molecule has 6 aromatic carbocycles. The van der Waals surface area contributed by atoms with Gasteiger partial charge in [-0.15, -0.1) is 0 Å². The highest BCUT2D eigenvalue weighted by Gasteiger charge is 2.45. The van der Waals surface area contributed by atoms with E-state index in [4.69, 9.17) is 66.6 Å². The van der Waals surface area contributed by atoms with Crippen molar-refractivity contribution in [3.05, 3.63) is 263 Å². The number of amides is 3. The predicted molar refractivity (Wildman–Crippen MR) is 331 cm³/mol. The SMILES string of the molecule is Cc1ccc(C(=O)N2CC(c3ccc(C4c5cc6c(cc5CCN4C(=O)c4cc(Cl)c(Cl)cc4C(=O)O)OCO6)nc3)c3cc4c(cc3C2c2ccc(C3CN(C(=O)c5ccccc5C(=O)O)C(c5ccccn5)c5cc6c(cc53)OCO6)cn2)OCO4)c(C(=O)O)c1. The first-order valence-corrected chi connectivity index (χ1v) is 30.3. The Bertz CT molecular complexity index is 4670. The predicted octanol–water partition coefficient (Wildman–Crippen LogP) is 11.3. The number of carbonyl (C=O) groups excluding carboxylic acids is 3. The smallest absolute Gasteiger partial charge is 0.336 e. The van der Waals surface area contributed by atoms with Crippen LogP contribution in [0.2, 0.25) is 10.0 Å². The Hall–Kier alpha value is -11.0.